The fourth-order valence-electron chi connectivity index (χ4n) is 1.76. The first-order valence-corrected chi connectivity index (χ1v) is 8.54. The van der Waals surface area contributed by atoms with Gasteiger partial charge >= 0.3 is 0 Å². The van der Waals surface area contributed by atoms with Crippen LogP contribution in [0.5, 0.6) is 0 Å². The number of nitrogens with zero attached hydrogens (tertiary/aromatic N) is 2. The largest absolute Gasteiger partial charge is 0.362 e. The van der Waals surface area contributed by atoms with E-state index in [1.807, 2.05) is 6.92 Å². The van der Waals surface area contributed by atoms with Gasteiger partial charge < -0.3 is 10.6 Å². The number of aryl methyl sites for hydroxylation is 1. The number of anilines is 1. The molecule has 0 saturated carbocycles. The molecular formula is C9H14N4O2S3. The standard InChI is InChI=1S/C9H14N4O2S3/c1-6-12-13-9(17-6)11-8(16)10-4-7-2-3-18(14,15)5-7/h7H,2-5H2,1H3,(H2,10,11,13,16)/t7-/m1/s1. The fraction of sp³-hybridized carbons (Fsp3) is 0.667. The van der Waals surface area contributed by atoms with Crippen LogP contribution in [0.4, 0.5) is 5.13 Å². The minimum Gasteiger partial charge on any atom is -0.362 e. The lowest BCUT2D eigenvalue weighted by atomic mass is 10.1. The zero-order valence-corrected chi connectivity index (χ0v) is 12.3. The van der Waals surface area contributed by atoms with Crippen LogP contribution < -0.4 is 10.6 Å². The van der Waals surface area contributed by atoms with Crippen molar-refractivity contribution in [1.29, 1.82) is 0 Å². The Bertz CT molecular complexity index is 540. The molecule has 1 aromatic rings. The molecule has 6 nitrogen and oxygen atoms in total. The molecule has 1 aliphatic heterocycles. The zero-order valence-electron chi connectivity index (χ0n) is 9.84. The van der Waals surface area contributed by atoms with Gasteiger partial charge in [-0.05, 0) is 31.5 Å². The Labute approximate surface area is 115 Å². The number of hydrogen-bond donors (Lipinski definition) is 2. The Balaban J connectivity index is 1.76. The van der Waals surface area contributed by atoms with E-state index in [2.05, 4.69) is 20.8 Å². The number of sulfone groups is 1. The molecule has 18 heavy (non-hydrogen) atoms. The van der Waals surface area contributed by atoms with Gasteiger partial charge in [0.05, 0.1) is 11.5 Å². The van der Waals surface area contributed by atoms with E-state index < -0.39 is 9.84 Å². The predicted molar refractivity (Wildman–Crippen MR) is 75.6 cm³/mol. The molecule has 1 saturated heterocycles. The lowest BCUT2D eigenvalue weighted by Crippen LogP contribution is -2.33. The first-order valence-electron chi connectivity index (χ1n) is 5.50. The van der Waals surface area contributed by atoms with Crippen molar-refractivity contribution in [2.75, 3.05) is 23.4 Å². The molecule has 0 amide bonds. The van der Waals surface area contributed by atoms with Crippen LogP contribution in [0, 0.1) is 12.8 Å². The van der Waals surface area contributed by atoms with Gasteiger partial charge in [0, 0.05) is 6.54 Å². The summed E-state index contributed by atoms with van der Waals surface area (Å²) < 4.78 is 22.6. The van der Waals surface area contributed by atoms with Gasteiger partial charge in [0.1, 0.15) is 5.01 Å². The van der Waals surface area contributed by atoms with Gasteiger partial charge in [-0.2, -0.15) is 0 Å². The summed E-state index contributed by atoms with van der Waals surface area (Å²) in [6.07, 6.45) is 0.704. The van der Waals surface area contributed by atoms with Crippen molar-refractivity contribution < 1.29 is 8.42 Å². The van der Waals surface area contributed by atoms with E-state index in [0.717, 1.165) is 5.01 Å². The van der Waals surface area contributed by atoms with Crippen LogP contribution in [0.1, 0.15) is 11.4 Å². The molecule has 2 N–H and O–H groups in total. The van der Waals surface area contributed by atoms with Gasteiger partial charge in [0.2, 0.25) is 5.13 Å². The molecule has 1 fully saturated rings. The monoisotopic (exact) mass is 306 g/mol. The normalized spacial score (nSPS) is 21.7. The maximum atomic E-state index is 11.3. The highest BCUT2D eigenvalue weighted by atomic mass is 32.2. The van der Waals surface area contributed by atoms with Crippen molar-refractivity contribution in [1.82, 2.24) is 15.5 Å². The van der Waals surface area contributed by atoms with E-state index in [1.165, 1.54) is 11.3 Å². The molecule has 9 heteroatoms. The average molecular weight is 306 g/mol. The van der Waals surface area contributed by atoms with Gasteiger partial charge in [0.25, 0.3) is 0 Å². The lowest BCUT2D eigenvalue weighted by Gasteiger charge is -2.11. The smallest absolute Gasteiger partial charge is 0.211 e. The average Bonchev–Trinajstić information content (AvgIpc) is 2.82. The van der Waals surface area contributed by atoms with Crippen molar-refractivity contribution in [2.24, 2.45) is 5.92 Å². The molecule has 1 aliphatic rings. The third-order valence-corrected chi connectivity index (χ3v) is 5.46. The van der Waals surface area contributed by atoms with Gasteiger partial charge in [0.15, 0.2) is 14.9 Å². The molecule has 2 rings (SSSR count). The SMILES string of the molecule is Cc1nnc(NC(=S)NC[C@H]2CCS(=O)(=O)C2)s1. The summed E-state index contributed by atoms with van der Waals surface area (Å²) in [6, 6.07) is 0. The van der Waals surface area contributed by atoms with Crippen molar-refractivity contribution in [3.63, 3.8) is 0 Å². The first-order chi connectivity index (χ1) is 8.44. The Morgan fingerprint density at radius 1 is 1.56 bits per heavy atom. The van der Waals surface area contributed by atoms with E-state index in [-0.39, 0.29) is 17.4 Å². The van der Waals surface area contributed by atoms with E-state index in [9.17, 15) is 8.42 Å². The second-order valence-electron chi connectivity index (χ2n) is 4.23. The lowest BCUT2D eigenvalue weighted by molar-refractivity contribution is 0.574. The van der Waals surface area contributed by atoms with Crippen LogP contribution in [0.3, 0.4) is 0 Å². The minimum atomic E-state index is -2.82. The first kappa shape index (κ1) is 13.6. The summed E-state index contributed by atoms with van der Waals surface area (Å²) in [4.78, 5) is 0. The topological polar surface area (TPSA) is 84.0 Å². The number of aromatic nitrogens is 2. The third-order valence-electron chi connectivity index (χ3n) is 2.62. The summed E-state index contributed by atoms with van der Waals surface area (Å²) in [5, 5.41) is 15.7. The van der Waals surface area contributed by atoms with Gasteiger partial charge in [-0.25, -0.2) is 8.42 Å². The summed E-state index contributed by atoms with van der Waals surface area (Å²) >= 11 is 6.52. The quantitative estimate of drug-likeness (QED) is 0.790. The Kier molecular flexibility index (Phi) is 4.13. The van der Waals surface area contributed by atoms with E-state index in [1.54, 1.807) is 0 Å². The number of thiocarbonyl (C=S) groups is 1. The van der Waals surface area contributed by atoms with Crippen molar-refractivity contribution >= 4 is 43.6 Å². The van der Waals surface area contributed by atoms with Crippen molar-refractivity contribution in [2.45, 2.75) is 13.3 Å². The molecule has 0 bridgehead atoms. The van der Waals surface area contributed by atoms with Gasteiger partial charge in [-0.1, -0.05) is 11.3 Å². The molecule has 2 heterocycles. The van der Waals surface area contributed by atoms with Crippen LogP contribution in [0.25, 0.3) is 0 Å². The highest BCUT2D eigenvalue weighted by Crippen LogP contribution is 2.17. The number of hydrogen-bond acceptors (Lipinski definition) is 6. The zero-order chi connectivity index (χ0) is 13.2. The molecule has 0 radical (unpaired) electrons. The number of rotatable bonds is 3. The van der Waals surface area contributed by atoms with E-state index in [0.29, 0.717) is 23.2 Å². The summed E-state index contributed by atoms with van der Waals surface area (Å²) in [5.41, 5.74) is 0. The van der Waals surface area contributed by atoms with Crippen molar-refractivity contribution in [3.8, 4) is 0 Å². The minimum absolute atomic E-state index is 0.144. The number of nitrogens with one attached hydrogen (secondary N) is 2. The Morgan fingerprint density at radius 3 is 2.89 bits per heavy atom. The molecule has 1 aromatic heterocycles. The van der Waals surface area contributed by atoms with Crippen LogP contribution in [0.2, 0.25) is 0 Å². The molecule has 0 spiro atoms. The fourth-order valence-corrected chi connectivity index (χ4v) is 4.46. The summed E-state index contributed by atoms with van der Waals surface area (Å²) in [6.45, 7) is 2.44. The highest BCUT2D eigenvalue weighted by molar-refractivity contribution is 7.91. The summed E-state index contributed by atoms with van der Waals surface area (Å²) in [5.74, 6) is 0.682. The molecule has 0 aliphatic carbocycles. The molecule has 0 aromatic carbocycles. The van der Waals surface area contributed by atoms with Crippen LogP contribution >= 0.6 is 23.6 Å². The Morgan fingerprint density at radius 2 is 2.33 bits per heavy atom. The Hall–Kier alpha value is -0.800. The highest BCUT2D eigenvalue weighted by Gasteiger charge is 2.27. The van der Waals surface area contributed by atoms with Gasteiger partial charge in [-0.15, -0.1) is 10.2 Å². The second-order valence-corrected chi connectivity index (χ2v) is 8.05. The molecule has 0 unspecified atom stereocenters. The van der Waals surface area contributed by atoms with Crippen LogP contribution in [-0.4, -0.2) is 41.8 Å². The third kappa shape index (κ3) is 3.85. The molecular weight excluding hydrogens is 292 g/mol. The maximum absolute atomic E-state index is 11.3. The van der Waals surface area contributed by atoms with Crippen molar-refractivity contribution in [3.05, 3.63) is 5.01 Å². The van der Waals surface area contributed by atoms with Crippen LogP contribution in [-0.2, 0) is 9.84 Å². The van der Waals surface area contributed by atoms with E-state index >= 15 is 0 Å². The van der Waals surface area contributed by atoms with E-state index in [4.69, 9.17) is 12.2 Å². The predicted octanol–water partition coefficient (Wildman–Crippen LogP) is 0.568. The maximum Gasteiger partial charge on any atom is 0.211 e. The second kappa shape index (κ2) is 5.45. The van der Waals surface area contributed by atoms with Gasteiger partial charge in [-0.3, -0.25) is 0 Å². The van der Waals surface area contributed by atoms with Crippen LogP contribution in [0.15, 0.2) is 0 Å². The molecule has 1 atom stereocenters. The molecule has 100 valence electrons. The summed E-state index contributed by atoms with van der Waals surface area (Å²) in [7, 11) is -2.82.